The third kappa shape index (κ3) is 5.26. The van der Waals surface area contributed by atoms with Crippen molar-refractivity contribution < 1.29 is 17.8 Å². The van der Waals surface area contributed by atoms with Gasteiger partial charge >= 0.3 is 0 Å². The van der Waals surface area contributed by atoms with Crippen LogP contribution in [0.4, 0.5) is 0 Å². The second kappa shape index (κ2) is 11.7. The van der Waals surface area contributed by atoms with E-state index in [0.29, 0.717) is 16.9 Å². The van der Waals surface area contributed by atoms with E-state index in [2.05, 4.69) is 18.4 Å². The second-order valence-corrected chi connectivity index (χ2v) is 13.5. The highest BCUT2D eigenvalue weighted by Crippen LogP contribution is 2.38. The first-order valence-corrected chi connectivity index (χ1v) is 15.9. The Hall–Kier alpha value is -3.25. The third-order valence-corrected chi connectivity index (χ3v) is 9.77. The number of hydrogen-bond donors (Lipinski definition) is 0. The Kier molecular flexibility index (Phi) is 8.69. The summed E-state index contributed by atoms with van der Waals surface area (Å²) in [5.41, 5.74) is 4.86. The number of hydrogen-bond acceptors (Lipinski definition) is 3. The predicted molar refractivity (Wildman–Crippen MR) is 164 cm³/mol. The number of nitrogens with zero attached hydrogens (tertiary/aromatic N) is 2. The van der Waals surface area contributed by atoms with Crippen LogP contribution in [0.25, 0.3) is 21.8 Å². The van der Waals surface area contributed by atoms with Gasteiger partial charge in [-0.25, -0.2) is 12.7 Å². The molecule has 0 N–H and O–H groups in total. The lowest BCUT2D eigenvalue weighted by molar-refractivity contribution is -0.617. The SMILES string of the molecule is CCCCN(C(=O)c1c2ccccc2[n+](C)c2ccccc12)S(=O)(=O)c1c(C(C)C)cc(C(C)C)cc1C(C)C. The molecule has 4 rings (SSSR count). The molecule has 1 heterocycles. The molecule has 0 aliphatic heterocycles. The molecule has 0 radical (unpaired) electrons. The van der Waals surface area contributed by atoms with E-state index in [1.807, 2.05) is 102 Å². The summed E-state index contributed by atoms with van der Waals surface area (Å²) in [6.45, 7) is 14.5. The molecule has 0 fully saturated rings. The zero-order chi connectivity index (χ0) is 29.4. The largest absolute Gasteiger partial charge is 0.269 e. The molecule has 0 saturated carbocycles. The van der Waals surface area contributed by atoms with E-state index in [-0.39, 0.29) is 24.3 Å². The lowest BCUT2D eigenvalue weighted by Gasteiger charge is -2.29. The molecule has 1 aromatic heterocycles. The molecule has 212 valence electrons. The number of sulfonamides is 1. The van der Waals surface area contributed by atoms with E-state index in [9.17, 15) is 13.2 Å². The summed E-state index contributed by atoms with van der Waals surface area (Å²) >= 11 is 0. The maximum Gasteiger partial charge on any atom is 0.269 e. The quantitative estimate of drug-likeness (QED) is 0.155. The maximum absolute atomic E-state index is 14.8. The first-order valence-electron chi connectivity index (χ1n) is 14.5. The van der Waals surface area contributed by atoms with Gasteiger partial charge in [-0.15, -0.1) is 0 Å². The van der Waals surface area contributed by atoms with Crippen LogP contribution in [0.3, 0.4) is 0 Å². The van der Waals surface area contributed by atoms with E-state index >= 15 is 0 Å². The zero-order valence-electron chi connectivity index (χ0n) is 25.2. The van der Waals surface area contributed by atoms with Crippen LogP contribution in [-0.4, -0.2) is 25.2 Å². The Morgan fingerprint density at radius 2 is 1.27 bits per heavy atom. The minimum atomic E-state index is -4.18. The number of aryl methyl sites for hydroxylation is 1. The summed E-state index contributed by atoms with van der Waals surface area (Å²) in [7, 11) is -2.21. The maximum atomic E-state index is 14.8. The molecule has 0 aliphatic rings. The lowest BCUT2D eigenvalue weighted by Crippen LogP contribution is -2.40. The summed E-state index contributed by atoms with van der Waals surface area (Å²) in [6.07, 6.45) is 1.35. The van der Waals surface area contributed by atoms with Crippen LogP contribution in [0.2, 0.25) is 0 Å². The Morgan fingerprint density at radius 3 is 1.70 bits per heavy atom. The first-order chi connectivity index (χ1) is 18.9. The van der Waals surface area contributed by atoms with Crippen LogP contribution in [0.15, 0.2) is 65.6 Å². The van der Waals surface area contributed by atoms with Crippen LogP contribution in [0.5, 0.6) is 0 Å². The molecule has 1 amide bonds. The molecule has 0 bridgehead atoms. The highest BCUT2D eigenvalue weighted by molar-refractivity contribution is 7.89. The molecular weight excluding hydrogens is 516 g/mol. The molecular formula is C34H43N2O3S+. The Bertz CT molecular complexity index is 1580. The van der Waals surface area contributed by atoms with Gasteiger partial charge in [-0.05, 0) is 53.0 Å². The number of fused-ring (bicyclic) bond motifs is 2. The smallest absolute Gasteiger partial charge is 0.268 e. The number of rotatable bonds is 9. The lowest BCUT2D eigenvalue weighted by atomic mass is 9.89. The van der Waals surface area contributed by atoms with Gasteiger partial charge in [0.2, 0.25) is 11.0 Å². The molecule has 0 saturated heterocycles. The number of aromatic nitrogens is 1. The summed E-state index contributed by atoms with van der Waals surface area (Å²) in [5.74, 6) is -0.269. The number of carbonyl (C=O) groups is 1. The van der Waals surface area contributed by atoms with Crippen molar-refractivity contribution in [1.82, 2.24) is 4.31 Å². The Balaban J connectivity index is 2.05. The molecule has 0 spiro atoms. The number of amides is 1. The van der Waals surface area contributed by atoms with E-state index in [1.54, 1.807) is 0 Å². The summed E-state index contributed by atoms with van der Waals surface area (Å²) in [4.78, 5) is 15.0. The van der Waals surface area contributed by atoms with Gasteiger partial charge in [-0.3, -0.25) is 4.79 Å². The topological polar surface area (TPSA) is 58.3 Å². The average Bonchev–Trinajstić information content (AvgIpc) is 2.92. The average molecular weight is 560 g/mol. The molecule has 4 aromatic rings. The van der Waals surface area contributed by atoms with Gasteiger partial charge in [0, 0.05) is 18.7 Å². The van der Waals surface area contributed by atoms with Crippen molar-refractivity contribution in [2.45, 2.75) is 84.0 Å². The Morgan fingerprint density at radius 1 is 0.800 bits per heavy atom. The number of carbonyl (C=O) groups excluding carboxylic acids is 1. The van der Waals surface area contributed by atoms with Gasteiger partial charge < -0.3 is 0 Å². The van der Waals surface area contributed by atoms with Gasteiger partial charge in [0.15, 0.2) is 0 Å². The highest BCUT2D eigenvalue weighted by atomic mass is 32.2. The Labute approximate surface area is 239 Å². The van der Waals surface area contributed by atoms with Gasteiger partial charge in [-0.2, -0.15) is 4.57 Å². The van der Waals surface area contributed by atoms with Crippen molar-refractivity contribution in [2.24, 2.45) is 7.05 Å². The van der Waals surface area contributed by atoms with E-state index in [4.69, 9.17) is 0 Å². The van der Waals surface area contributed by atoms with Crippen LogP contribution >= 0.6 is 0 Å². The fraction of sp³-hybridized carbons (Fsp3) is 0.412. The highest BCUT2D eigenvalue weighted by Gasteiger charge is 2.37. The van der Waals surface area contributed by atoms with Crippen LogP contribution in [0, 0.1) is 0 Å². The van der Waals surface area contributed by atoms with Crippen molar-refractivity contribution in [1.29, 1.82) is 0 Å². The number of para-hydroxylation sites is 2. The van der Waals surface area contributed by atoms with Crippen LogP contribution in [-0.2, 0) is 17.1 Å². The van der Waals surface area contributed by atoms with Crippen LogP contribution in [0.1, 0.15) is 106 Å². The van der Waals surface area contributed by atoms with Crippen LogP contribution < -0.4 is 4.57 Å². The number of pyridine rings is 1. The molecule has 0 atom stereocenters. The second-order valence-electron chi connectivity index (χ2n) is 11.7. The normalized spacial score (nSPS) is 12.3. The molecule has 40 heavy (non-hydrogen) atoms. The van der Waals surface area contributed by atoms with Gasteiger partial charge in [-0.1, -0.05) is 91.3 Å². The molecule has 6 heteroatoms. The van der Waals surface area contributed by atoms with Crippen molar-refractivity contribution in [3.8, 4) is 0 Å². The monoisotopic (exact) mass is 559 g/mol. The minimum Gasteiger partial charge on any atom is -0.268 e. The van der Waals surface area contributed by atoms with Crippen molar-refractivity contribution in [3.63, 3.8) is 0 Å². The summed E-state index contributed by atoms with van der Waals surface area (Å²) < 4.78 is 32.9. The number of unbranched alkanes of at least 4 members (excludes halogenated alkanes) is 1. The van der Waals surface area contributed by atoms with E-state index < -0.39 is 15.9 Å². The molecule has 5 nitrogen and oxygen atoms in total. The van der Waals surface area contributed by atoms with Gasteiger partial charge in [0.25, 0.3) is 15.9 Å². The van der Waals surface area contributed by atoms with E-state index in [0.717, 1.165) is 49.2 Å². The van der Waals surface area contributed by atoms with Crippen molar-refractivity contribution in [3.05, 3.63) is 82.9 Å². The third-order valence-electron chi connectivity index (χ3n) is 7.85. The van der Waals surface area contributed by atoms with Crippen molar-refractivity contribution >= 4 is 37.7 Å². The fourth-order valence-electron chi connectivity index (χ4n) is 5.52. The minimum absolute atomic E-state index is 0.0264. The molecule has 3 aromatic carbocycles. The predicted octanol–water partition coefficient (Wildman–Crippen LogP) is 7.82. The molecule has 0 unspecified atom stereocenters. The van der Waals surface area contributed by atoms with Gasteiger partial charge in [0.1, 0.15) is 7.05 Å². The van der Waals surface area contributed by atoms with Gasteiger partial charge in [0.05, 0.1) is 21.2 Å². The summed E-state index contributed by atoms with van der Waals surface area (Å²) in [5, 5.41) is 1.49. The zero-order valence-corrected chi connectivity index (χ0v) is 26.0. The fourth-order valence-corrected chi connectivity index (χ4v) is 7.60. The van der Waals surface area contributed by atoms with E-state index in [1.165, 1.54) is 0 Å². The summed E-state index contributed by atoms with van der Waals surface area (Å²) in [6, 6.07) is 19.5. The van der Waals surface area contributed by atoms with Crippen molar-refractivity contribution in [2.75, 3.05) is 6.54 Å². The number of benzene rings is 3. The molecule has 0 aliphatic carbocycles. The standard InChI is InChI=1S/C34H43N2O3S/c1-9-10-19-36(40(38,39)33-28(23(4)5)20-25(22(2)3)21-29(33)24(6)7)34(37)32-26-15-11-13-17-30(26)35(8)31-18-14-12-16-27(31)32/h11-18,20-24H,9-10,19H2,1-8H3/q+1. The first kappa shape index (κ1) is 29.7.